The SMILES string of the molecule is O=Cc1cc(-c2ccsc2)ccc1F. The molecule has 0 N–H and O–H groups in total. The molecule has 3 heteroatoms. The number of thiophene rings is 1. The molecule has 2 rings (SSSR count). The van der Waals surface area contributed by atoms with Gasteiger partial charge in [-0.1, -0.05) is 6.07 Å². The molecule has 0 fully saturated rings. The van der Waals surface area contributed by atoms with Gasteiger partial charge < -0.3 is 0 Å². The molecule has 0 radical (unpaired) electrons. The van der Waals surface area contributed by atoms with Crippen LogP contribution in [0.5, 0.6) is 0 Å². The van der Waals surface area contributed by atoms with Gasteiger partial charge in [-0.15, -0.1) is 0 Å². The van der Waals surface area contributed by atoms with Crippen molar-refractivity contribution in [3.63, 3.8) is 0 Å². The summed E-state index contributed by atoms with van der Waals surface area (Å²) in [5.41, 5.74) is 1.99. The van der Waals surface area contributed by atoms with Crippen LogP contribution in [-0.4, -0.2) is 6.29 Å². The molecule has 0 aliphatic carbocycles. The quantitative estimate of drug-likeness (QED) is 0.688. The van der Waals surface area contributed by atoms with Crippen molar-refractivity contribution in [3.8, 4) is 11.1 Å². The maximum Gasteiger partial charge on any atom is 0.153 e. The highest BCUT2D eigenvalue weighted by Crippen LogP contribution is 2.23. The molecule has 1 nitrogen and oxygen atoms in total. The summed E-state index contributed by atoms with van der Waals surface area (Å²) in [4.78, 5) is 10.5. The third-order valence-electron chi connectivity index (χ3n) is 1.98. The van der Waals surface area contributed by atoms with Crippen molar-refractivity contribution in [1.82, 2.24) is 0 Å². The van der Waals surface area contributed by atoms with E-state index in [9.17, 15) is 9.18 Å². The predicted octanol–water partition coefficient (Wildman–Crippen LogP) is 3.37. The largest absolute Gasteiger partial charge is 0.298 e. The van der Waals surface area contributed by atoms with Gasteiger partial charge in [-0.25, -0.2) is 4.39 Å². The molecule has 0 aliphatic heterocycles. The van der Waals surface area contributed by atoms with Gasteiger partial charge in [-0.2, -0.15) is 11.3 Å². The molecule has 70 valence electrons. The molecule has 0 spiro atoms. The normalized spacial score (nSPS) is 10.1. The summed E-state index contributed by atoms with van der Waals surface area (Å²) in [6.07, 6.45) is 0.533. The molecule has 0 bridgehead atoms. The monoisotopic (exact) mass is 206 g/mol. The van der Waals surface area contributed by atoms with Gasteiger partial charge in [-0.3, -0.25) is 4.79 Å². The molecular weight excluding hydrogens is 199 g/mol. The summed E-state index contributed by atoms with van der Waals surface area (Å²) in [5.74, 6) is -0.473. The van der Waals surface area contributed by atoms with Gasteiger partial charge in [0.1, 0.15) is 5.82 Å². The van der Waals surface area contributed by atoms with Crippen LogP contribution in [0.25, 0.3) is 11.1 Å². The fourth-order valence-corrected chi connectivity index (χ4v) is 1.91. The molecule has 0 aliphatic rings. The lowest BCUT2D eigenvalue weighted by atomic mass is 10.1. The smallest absolute Gasteiger partial charge is 0.153 e. The topological polar surface area (TPSA) is 17.1 Å². The van der Waals surface area contributed by atoms with Gasteiger partial charge in [-0.05, 0) is 40.1 Å². The molecule has 0 amide bonds. The molecule has 0 atom stereocenters. The number of hydrogen-bond acceptors (Lipinski definition) is 2. The van der Waals surface area contributed by atoms with Gasteiger partial charge in [0.25, 0.3) is 0 Å². The standard InChI is InChI=1S/C11H7FOS/c12-11-2-1-8(5-10(11)6-13)9-3-4-14-7-9/h1-7H. The Kier molecular flexibility index (Phi) is 2.41. The minimum absolute atomic E-state index is 0.105. The molecular formula is C11H7FOS. The third-order valence-corrected chi connectivity index (χ3v) is 2.66. The van der Waals surface area contributed by atoms with Crippen molar-refractivity contribution in [2.24, 2.45) is 0 Å². The number of benzene rings is 1. The maximum atomic E-state index is 13.0. The summed E-state index contributed by atoms with van der Waals surface area (Å²) < 4.78 is 13.0. The summed E-state index contributed by atoms with van der Waals surface area (Å²) in [5, 5.41) is 3.90. The van der Waals surface area contributed by atoms with E-state index in [2.05, 4.69) is 0 Å². The number of halogens is 1. The molecule has 1 aromatic carbocycles. The van der Waals surface area contributed by atoms with E-state index in [1.165, 1.54) is 6.07 Å². The van der Waals surface area contributed by atoms with Crippen LogP contribution in [0.1, 0.15) is 10.4 Å². The van der Waals surface area contributed by atoms with Crippen LogP contribution >= 0.6 is 11.3 Å². The van der Waals surface area contributed by atoms with Gasteiger partial charge in [0, 0.05) is 0 Å². The lowest BCUT2D eigenvalue weighted by molar-refractivity contribution is 0.112. The number of aldehydes is 1. The number of hydrogen-bond donors (Lipinski definition) is 0. The number of rotatable bonds is 2. The molecule has 2 aromatic rings. The minimum atomic E-state index is -0.473. The Hall–Kier alpha value is -1.48. The van der Waals surface area contributed by atoms with E-state index >= 15 is 0 Å². The van der Waals surface area contributed by atoms with Crippen LogP contribution in [0.3, 0.4) is 0 Å². The maximum absolute atomic E-state index is 13.0. The van der Waals surface area contributed by atoms with Crippen molar-refractivity contribution < 1.29 is 9.18 Å². The average Bonchev–Trinajstić information content (AvgIpc) is 2.71. The Bertz CT molecular complexity index is 448. The Morgan fingerprint density at radius 1 is 1.21 bits per heavy atom. The molecule has 0 unspecified atom stereocenters. The van der Waals surface area contributed by atoms with Crippen molar-refractivity contribution in [2.75, 3.05) is 0 Å². The van der Waals surface area contributed by atoms with Crippen LogP contribution in [0, 0.1) is 5.82 Å². The highest BCUT2D eigenvalue weighted by Gasteiger charge is 2.03. The van der Waals surface area contributed by atoms with E-state index in [-0.39, 0.29) is 5.56 Å². The molecule has 14 heavy (non-hydrogen) atoms. The molecule has 1 heterocycles. The zero-order chi connectivity index (χ0) is 9.97. The Balaban J connectivity index is 2.51. The van der Waals surface area contributed by atoms with E-state index in [0.29, 0.717) is 6.29 Å². The first-order chi connectivity index (χ1) is 6.81. The van der Waals surface area contributed by atoms with Crippen LogP contribution in [0.4, 0.5) is 4.39 Å². The van der Waals surface area contributed by atoms with Crippen molar-refractivity contribution in [1.29, 1.82) is 0 Å². The first-order valence-corrected chi connectivity index (χ1v) is 5.03. The van der Waals surface area contributed by atoms with E-state index in [0.717, 1.165) is 11.1 Å². The first kappa shape index (κ1) is 9.09. The second kappa shape index (κ2) is 3.72. The number of carbonyl (C=O) groups is 1. The predicted molar refractivity (Wildman–Crippen MR) is 55.1 cm³/mol. The Morgan fingerprint density at radius 3 is 2.71 bits per heavy atom. The van der Waals surface area contributed by atoms with Crippen molar-refractivity contribution in [2.45, 2.75) is 0 Å². The second-order valence-electron chi connectivity index (χ2n) is 2.87. The Morgan fingerprint density at radius 2 is 2.07 bits per heavy atom. The average molecular weight is 206 g/mol. The number of carbonyl (C=O) groups excluding carboxylic acids is 1. The summed E-state index contributed by atoms with van der Waals surface area (Å²) >= 11 is 1.57. The van der Waals surface area contributed by atoms with Gasteiger partial charge in [0.15, 0.2) is 6.29 Å². The minimum Gasteiger partial charge on any atom is -0.298 e. The third kappa shape index (κ3) is 1.59. The van der Waals surface area contributed by atoms with Gasteiger partial charge >= 0.3 is 0 Å². The zero-order valence-electron chi connectivity index (χ0n) is 7.24. The van der Waals surface area contributed by atoms with Crippen LogP contribution in [0.2, 0.25) is 0 Å². The van der Waals surface area contributed by atoms with Crippen molar-refractivity contribution >= 4 is 17.6 Å². The molecule has 0 saturated carbocycles. The van der Waals surface area contributed by atoms with E-state index in [1.54, 1.807) is 23.5 Å². The summed E-state index contributed by atoms with van der Waals surface area (Å²) in [6, 6.07) is 6.48. The van der Waals surface area contributed by atoms with Crippen molar-refractivity contribution in [3.05, 3.63) is 46.4 Å². The first-order valence-electron chi connectivity index (χ1n) is 4.08. The lowest BCUT2D eigenvalue weighted by Crippen LogP contribution is -1.87. The molecule has 1 aromatic heterocycles. The highest BCUT2D eigenvalue weighted by atomic mass is 32.1. The Labute approximate surface area is 84.8 Å². The molecule has 0 saturated heterocycles. The fraction of sp³-hybridized carbons (Fsp3) is 0. The lowest BCUT2D eigenvalue weighted by Gasteiger charge is -1.99. The fourth-order valence-electron chi connectivity index (χ4n) is 1.24. The summed E-state index contributed by atoms with van der Waals surface area (Å²) in [7, 11) is 0. The zero-order valence-corrected chi connectivity index (χ0v) is 8.05. The summed E-state index contributed by atoms with van der Waals surface area (Å²) in [6.45, 7) is 0. The van der Waals surface area contributed by atoms with Crippen LogP contribution in [0.15, 0.2) is 35.0 Å². The second-order valence-corrected chi connectivity index (χ2v) is 3.65. The van der Waals surface area contributed by atoms with E-state index in [4.69, 9.17) is 0 Å². The van der Waals surface area contributed by atoms with Gasteiger partial charge in [0.2, 0.25) is 0 Å². The van der Waals surface area contributed by atoms with Crippen LogP contribution in [-0.2, 0) is 0 Å². The van der Waals surface area contributed by atoms with E-state index < -0.39 is 5.82 Å². The van der Waals surface area contributed by atoms with Gasteiger partial charge in [0.05, 0.1) is 5.56 Å². The van der Waals surface area contributed by atoms with E-state index in [1.807, 2.05) is 16.8 Å². The van der Waals surface area contributed by atoms with Crippen LogP contribution < -0.4 is 0 Å². The highest BCUT2D eigenvalue weighted by molar-refractivity contribution is 7.08.